The number of nitrogens with zero attached hydrogens (tertiary/aromatic N) is 1. The molecule has 0 aliphatic carbocycles. The van der Waals surface area contributed by atoms with E-state index in [-0.39, 0.29) is 11.1 Å². The maximum Gasteiger partial charge on any atom is 0.412 e. The van der Waals surface area contributed by atoms with E-state index in [2.05, 4.69) is 16.9 Å². The number of nitrogens with one attached hydrogen (secondary N) is 1. The molecule has 0 saturated heterocycles. The van der Waals surface area contributed by atoms with Gasteiger partial charge in [0.25, 0.3) is 5.91 Å². The van der Waals surface area contributed by atoms with Crippen molar-refractivity contribution in [2.24, 2.45) is 0 Å². The summed E-state index contributed by atoms with van der Waals surface area (Å²) in [6.07, 6.45) is -3.50. The number of carbonyl (C=O) groups is 1. The minimum absolute atomic E-state index is 0.0431. The second-order valence-corrected chi connectivity index (χ2v) is 6.72. The van der Waals surface area contributed by atoms with Gasteiger partial charge in [-0.05, 0) is 24.1 Å². The van der Waals surface area contributed by atoms with E-state index in [4.69, 9.17) is 0 Å². The van der Waals surface area contributed by atoms with Crippen LogP contribution < -0.4 is 5.32 Å². The molecule has 1 N–H and O–H groups in total. The van der Waals surface area contributed by atoms with Crippen LogP contribution in [0.25, 0.3) is 10.9 Å². The van der Waals surface area contributed by atoms with Crippen molar-refractivity contribution in [2.45, 2.75) is 24.6 Å². The molecular weight excluding hydrogens is 384 g/mol. The normalized spacial score (nSPS) is 13.7. The summed E-state index contributed by atoms with van der Waals surface area (Å²) in [5.41, 5.74) is -2.16. The average molecular weight is 402 g/mol. The van der Waals surface area contributed by atoms with Crippen LogP contribution in [0.15, 0.2) is 73.4 Å². The summed E-state index contributed by atoms with van der Waals surface area (Å²) in [7, 11) is 0. The summed E-state index contributed by atoms with van der Waals surface area (Å²) < 4.78 is 56.1. The largest absolute Gasteiger partial charge is 0.412 e. The first-order chi connectivity index (χ1) is 13.8. The molecule has 1 aromatic heterocycles. The molecule has 1 heterocycles. The highest BCUT2D eigenvalue weighted by atomic mass is 19.4. The van der Waals surface area contributed by atoms with E-state index in [1.54, 1.807) is 30.3 Å². The Morgan fingerprint density at radius 3 is 2.48 bits per heavy atom. The van der Waals surface area contributed by atoms with E-state index < -0.39 is 36.3 Å². The van der Waals surface area contributed by atoms with E-state index >= 15 is 0 Å². The molecule has 29 heavy (non-hydrogen) atoms. The second-order valence-electron chi connectivity index (χ2n) is 6.72. The monoisotopic (exact) mass is 402 g/mol. The molecular formula is C22H18F4N2O. The fourth-order valence-electron chi connectivity index (χ4n) is 3.18. The maximum atomic E-state index is 14.1. The van der Waals surface area contributed by atoms with Crippen molar-refractivity contribution >= 4 is 16.8 Å². The maximum absolute atomic E-state index is 14.1. The summed E-state index contributed by atoms with van der Waals surface area (Å²) in [5, 5.41) is 2.47. The van der Waals surface area contributed by atoms with Crippen LogP contribution in [-0.2, 0) is 6.42 Å². The van der Waals surface area contributed by atoms with Crippen LogP contribution in [-0.4, -0.2) is 22.6 Å². The number of benzene rings is 2. The van der Waals surface area contributed by atoms with Crippen molar-refractivity contribution in [1.29, 1.82) is 0 Å². The lowest BCUT2D eigenvalue weighted by Crippen LogP contribution is -2.60. The molecule has 3 aromatic rings. The Kier molecular flexibility index (Phi) is 5.68. The highest BCUT2D eigenvalue weighted by Crippen LogP contribution is 2.37. The predicted molar refractivity (Wildman–Crippen MR) is 103 cm³/mol. The molecule has 3 rings (SSSR count). The number of alkyl halides is 3. The number of aromatic nitrogens is 1. The summed E-state index contributed by atoms with van der Waals surface area (Å²) in [6.45, 7) is 3.43. The first kappa shape index (κ1) is 20.5. The molecule has 150 valence electrons. The molecule has 1 unspecified atom stereocenters. The number of amides is 1. The van der Waals surface area contributed by atoms with Crippen LogP contribution in [0, 0.1) is 5.82 Å². The molecule has 7 heteroatoms. The van der Waals surface area contributed by atoms with Crippen molar-refractivity contribution in [2.75, 3.05) is 0 Å². The fourth-order valence-corrected chi connectivity index (χ4v) is 3.18. The molecule has 3 nitrogen and oxygen atoms in total. The van der Waals surface area contributed by atoms with Gasteiger partial charge in [-0.25, -0.2) is 4.39 Å². The molecule has 1 amide bonds. The van der Waals surface area contributed by atoms with E-state index in [9.17, 15) is 22.4 Å². The van der Waals surface area contributed by atoms with Gasteiger partial charge in [0, 0.05) is 18.0 Å². The van der Waals surface area contributed by atoms with Crippen molar-refractivity contribution in [1.82, 2.24) is 10.3 Å². The molecule has 0 spiro atoms. The van der Waals surface area contributed by atoms with Crippen molar-refractivity contribution < 1.29 is 22.4 Å². The highest BCUT2D eigenvalue weighted by Gasteiger charge is 2.54. The smallest absolute Gasteiger partial charge is 0.337 e. The summed E-state index contributed by atoms with van der Waals surface area (Å²) in [4.78, 5) is 16.6. The van der Waals surface area contributed by atoms with Crippen LogP contribution in [0.5, 0.6) is 0 Å². The van der Waals surface area contributed by atoms with E-state index in [0.717, 1.165) is 12.3 Å². The Bertz CT molecular complexity index is 1030. The Balaban J connectivity index is 1.98. The molecule has 0 aliphatic rings. The Labute approximate surface area is 165 Å². The van der Waals surface area contributed by atoms with Gasteiger partial charge >= 0.3 is 6.18 Å². The molecule has 1 atom stereocenters. The average Bonchev–Trinajstić information content (AvgIpc) is 2.68. The van der Waals surface area contributed by atoms with Crippen LogP contribution in [0.2, 0.25) is 0 Å². The zero-order valence-electron chi connectivity index (χ0n) is 15.3. The van der Waals surface area contributed by atoms with Crippen molar-refractivity contribution in [3.63, 3.8) is 0 Å². The van der Waals surface area contributed by atoms with Gasteiger partial charge in [0.2, 0.25) is 0 Å². The van der Waals surface area contributed by atoms with Gasteiger partial charge in [-0.2, -0.15) is 13.2 Å². The van der Waals surface area contributed by atoms with Gasteiger partial charge < -0.3 is 5.32 Å². The third-order valence-electron chi connectivity index (χ3n) is 4.66. The Morgan fingerprint density at radius 1 is 1.10 bits per heavy atom. The lowest BCUT2D eigenvalue weighted by atomic mass is 9.86. The zero-order chi connectivity index (χ0) is 21.1. The van der Waals surface area contributed by atoms with Crippen LogP contribution in [0.3, 0.4) is 0 Å². The number of rotatable bonds is 6. The molecule has 0 bridgehead atoms. The van der Waals surface area contributed by atoms with Gasteiger partial charge in [0.15, 0.2) is 0 Å². The zero-order valence-corrected chi connectivity index (χ0v) is 15.3. The molecule has 2 aromatic carbocycles. The number of pyridine rings is 1. The minimum Gasteiger partial charge on any atom is -0.337 e. The van der Waals surface area contributed by atoms with Gasteiger partial charge in [-0.3, -0.25) is 9.78 Å². The lowest BCUT2D eigenvalue weighted by molar-refractivity contribution is -0.192. The van der Waals surface area contributed by atoms with Gasteiger partial charge in [0.1, 0.15) is 16.9 Å². The number of hydrogen-bond donors (Lipinski definition) is 1. The van der Waals surface area contributed by atoms with Crippen molar-refractivity contribution in [3.05, 3.63) is 90.4 Å². The van der Waals surface area contributed by atoms with E-state index in [0.29, 0.717) is 10.9 Å². The first-order valence-corrected chi connectivity index (χ1v) is 8.84. The SMILES string of the molecule is C=CCC(Cc1ccccc1)(NC(=O)c1cnc2c(F)cccc2c1)C(F)(F)F. The number of carbonyl (C=O) groups excluding carboxylic acids is 1. The summed E-state index contributed by atoms with van der Waals surface area (Å²) in [6, 6.07) is 13.6. The fraction of sp³-hybridized carbons (Fsp3) is 0.182. The number of hydrogen-bond acceptors (Lipinski definition) is 2. The standard InChI is InChI=1S/C22H18F4N2O/c1-2-11-21(22(24,25)26,13-15-7-4-3-5-8-15)28-20(29)17-12-16-9-6-10-18(23)19(16)27-14-17/h2-10,12,14H,1,11,13H2,(H,28,29). The van der Waals surface area contributed by atoms with E-state index in [1.807, 2.05) is 0 Å². The number of para-hydroxylation sites is 1. The lowest BCUT2D eigenvalue weighted by Gasteiger charge is -2.36. The highest BCUT2D eigenvalue weighted by molar-refractivity contribution is 5.97. The van der Waals surface area contributed by atoms with Crippen LogP contribution >= 0.6 is 0 Å². The summed E-state index contributed by atoms with van der Waals surface area (Å²) in [5.74, 6) is -1.52. The van der Waals surface area contributed by atoms with Crippen molar-refractivity contribution in [3.8, 4) is 0 Å². The molecule has 0 fully saturated rings. The van der Waals surface area contributed by atoms with Gasteiger partial charge in [-0.15, -0.1) is 6.58 Å². The number of halogens is 4. The topological polar surface area (TPSA) is 42.0 Å². The third-order valence-corrected chi connectivity index (χ3v) is 4.66. The van der Waals surface area contributed by atoms with E-state index in [1.165, 1.54) is 24.3 Å². The Hall–Kier alpha value is -3.22. The van der Waals surface area contributed by atoms with Gasteiger partial charge in [-0.1, -0.05) is 48.5 Å². The van der Waals surface area contributed by atoms with Gasteiger partial charge in [0.05, 0.1) is 5.56 Å². The molecule has 0 saturated carbocycles. The van der Waals surface area contributed by atoms with Crippen LogP contribution in [0.4, 0.5) is 17.6 Å². The minimum atomic E-state index is -4.73. The third kappa shape index (κ3) is 4.29. The number of fused-ring (bicyclic) bond motifs is 1. The summed E-state index contributed by atoms with van der Waals surface area (Å²) >= 11 is 0. The predicted octanol–water partition coefficient (Wildman–Crippen LogP) is 5.22. The quantitative estimate of drug-likeness (QED) is 0.454. The first-order valence-electron chi connectivity index (χ1n) is 8.84. The molecule has 0 radical (unpaired) electrons. The van der Waals surface area contributed by atoms with Crippen LogP contribution in [0.1, 0.15) is 22.3 Å². The second kappa shape index (κ2) is 8.03. The Morgan fingerprint density at radius 2 is 1.83 bits per heavy atom. The molecule has 0 aliphatic heterocycles.